The molecule has 4 N–H and O–H groups in total. The van der Waals surface area contributed by atoms with Crippen LogP contribution in [0.5, 0.6) is 0 Å². The molecule has 0 saturated heterocycles. The predicted octanol–water partition coefficient (Wildman–Crippen LogP) is -1.72. The lowest BCUT2D eigenvalue weighted by Gasteiger charge is -2.02. The second-order valence-corrected chi connectivity index (χ2v) is 1.46. The molecule has 5 nitrogen and oxygen atoms in total. The van der Waals surface area contributed by atoms with E-state index in [0.29, 0.717) is 12.7 Å². The highest BCUT2D eigenvalue weighted by atomic mass is 16.1. The third-order valence-corrected chi connectivity index (χ3v) is 0.892. The minimum Gasteiger partial charge on any atom is -0.384 e. The summed E-state index contributed by atoms with van der Waals surface area (Å²) in [5.41, 5.74) is 5.27. The Labute approximate surface area is 58.3 Å². The maximum Gasteiger partial charge on any atom is 0.211 e. The van der Waals surface area contributed by atoms with Crippen LogP contribution in [0.1, 0.15) is 0 Å². The molecule has 0 spiro atoms. The van der Waals surface area contributed by atoms with Gasteiger partial charge in [0.2, 0.25) is 6.41 Å². The topological polar surface area (TPSA) is 84.2 Å². The van der Waals surface area contributed by atoms with Crippen LogP contribution >= 0.6 is 0 Å². The standard InChI is InChI=1S/C5H9N3O2/c1-7-5(6)4(2-9)8-3-10/h2-3,7H,6H2,1H3,(H,8,10)/b5-4+. The molecule has 0 radical (unpaired) electrons. The summed E-state index contributed by atoms with van der Waals surface area (Å²) < 4.78 is 0. The number of carbonyl (C=O) groups excluding carboxylic acids is 2. The first-order valence-corrected chi connectivity index (χ1v) is 2.59. The molecule has 0 bridgehead atoms. The highest BCUT2D eigenvalue weighted by molar-refractivity contribution is 5.77. The summed E-state index contributed by atoms with van der Waals surface area (Å²) >= 11 is 0. The molecular formula is C5H9N3O2. The first-order valence-electron chi connectivity index (χ1n) is 2.59. The van der Waals surface area contributed by atoms with Crippen LogP contribution in [0.3, 0.4) is 0 Å². The van der Waals surface area contributed by atoms with Crippen LogP contribution in [0.25, 0.3) is 0 Å². The van der Waals surface area contributed by atoms with Crippen LogP contribution in [-0.4, -0.2) is 19.7 Å². The van der Waals surface area contributed by atoms with Crippen molar-refractivity contribution in [2.45, 2.75) is 0 Å². The van der Waals surface area contributed by atoms with Crippen molar-refractivity contribution in [3.8, 4) is 0 Å². The molecule has 0 aromatic carbocycles. The lowest BCUT2D eigenvalue weighted by Crippen LogP contribution is -2.25. The van der Waals surface area contributed by atoms with E-state index in [0.717, 1.165) is 0 Å². The molecule has 10 heavy (non-hydrogen) atoms. The van der Waals surface area contributed by atoms with Crippen LogP contribution < -0.4 is 16.4 Å². The minimum atomic E-state index is 0.0394. The van der Waals surface area contributed by atoms with E-state index in [1.54, 1.807) is 7.05 Å². The summed E-state index contributed by atoms with van der Waals surface area (Å²) in [5.74, 6) is 0.141. The lowest BCUT2D eigenvalue weighted by atomic mass is 10.5. The Balaban J connectivity index is 4.27. The molecule has 0 rings (SSSR count). The van der Waals surface area contributed by atoms with Gasteiger partial charge in [0.1, 0.15) is 11.5 Å². The van der Waals surface area contributed by atoms with Crippen molar-refractivity contribution in [2.24, 2.45) is 5.73 Å². The van der Waals surface area contributed by atoms with Gasteiger partial charge in [0.05, 0.1) is 0 Å². The summed E-state index contributed by atoms with van der Waals surface area (Å²) in [6.45, 7) is 0. The van der Waals surface area contributed by atoms with E-state index >= 15 is 0 Å². The second kappa shape index (κ2) is 4.37. The van der Waals surface area contributed by atoms with E-state index in [4.69, 9.17) is 5.73 Å². The molecule has 1 amide bonds. The third kappa shape index (κ3) is 2.17. The fourth-order valence-electron chi connectivity index (χ4n) is 0.373. The average molecular weight is 143 g/mol. The van der Waals surface area contributed by atoms with E-state index in [1.807, 2.05) is 0 Å². The minimum absolute atomic E-state index is 0.0394. The van der Waals surface area contributed by atoms with Gasteiger partial charge < -0.3 is 16.4 Å². The predicted molar refractivity (Wildman–Crippen MR) is 35.5 cm³/mol. The number of hydrogen-bond donors (Lipinski definition) is 3. The number of carbonyl (C=O) groups is 2. The van der Waals surface area contributed by atoms with Crippen LogP contribution in [0.4, 0.5) is 0 Å². The van der Waals surface area contributed by atoms with E-state index in [1.165, 1.54) is 0 Å². The Morgan fingerprint density at radius 3 is 2.40 bits per heavy atom. The molecule has 0 unspecified atom stereocenters. The molecule has 0 heterocycles. The van der Waals surface area contributed by atoms with E-state index < -0.39 is 0 Å². The summed E-state index contributed by atoms with van der Waals surface area (Å²) in [4.78, 5) is 19.9. The zero-order valence-corrected chi connectivity index (χ0v) is 5.55. The van der Waals surface area contributed by atoms with Crippen LogP contribution in [0.2, 0.25) is 0 Å². The molecule has 56 valence electrons. The quantitative estimate of drug-likeness (QED) is 0.323. The molecule has 0 aliphatic rings. The van der Waals surface area contributed by atoms with Gasteiger partial charge in [0, 0.05) is 7.05 Å². The number of rotatable bonds is 4. The first-order chi connectivity index (χ1) is 4.76. The van der Waals surface area contributed by atoms with Crippen molar-refractivity contribution in [1.29, 1.82) is 0 Å². The SMILES string of the molecule is CN/C(N)=C(\C=O)NC=O. The highest BCUT2D eigenvalue weighted by Crippen LogP contribution is 1.82. The monoisotopic (exact) mass is 143 g/mol. The van der Waals surface area contributed by atoms with Crippen molar-refractivity contribution in [3.63, 3.8) is 0 Å². The summed E-state index contributed by atoms with van der Waals surface area (Å²) in [7, 11) is 1.55. The van der Waals surface area contributed by atoms with Gasteiger partial charge in [0.15, 0.2) is 6.29 Å². The number of aldehydes is 1. The molecule has 5 heteroatoms. The maximum atomic E-state index is 10.1. The highest BCUT2D eigenvalue weighted by Gasteiger charge is 1.96. The Hall–Kier alpha value is -1.52. The van der Waals surface area contributed by atoms with Crippen LogP contribution in [-0.2, 0) is 9.59 Å². The van der Waals surface area contributed by atoms with E-state index in [2.05, 4.69) is 10.6 Å². The zero-order chi connectivity index (χ0) is 7.98. The second-order valence-electron chi connectivity index (χ2n) is 1.46. The number of hydrogen-bond acceptors (Lipinski definition) is 4. The van der Waals surface area contributed by atoms with Gasteiger partial charge in [-0.2, -0.15) is 0 Å². The van der Waals surface area contributed by atoms with Crippen molar-refractivity contribution in [1.82, 2.24) is 10.6 Å². The van der Waals surface area contributed by atoms with Gasteiger partial charge in [-0.05, 0) is 0 Å². The van der Waals surface area contributed by atoms with Crippen molar-refractivity contribution in [3.05, 3.63) is 11.5 Å². The smallest absolute Gasteiger partial charge is 0.211 e. The Morgan fingerprint density at radius 1 is 1.50 bits per heavy atom. The van der Waals surface area contributed by atoms with Gasteiger partial charge >= 0.3 is 0 Å². The van der Waals surface area contributed by atoms with Crippen molar-refractivity contribution < 1.29 is 9.59 Å². The van der Waals surface area contributed by atoms with E-state index in [-0.39, 0.29) is 11.5 Å². The maximum absolute atomic E-state index is 10.1. The normalized spacial score (nSPS) is 11.3. The molecule has 0 fully saturated rings. The average Bonchev–Trinajstić information content (AvgIpc) is 1.99. The molecular weight excluding hydrogens is 134 g/mol. The third-order valence-electron chi connectivity index (χ3n) is 0.892. The Kier molecular flexibility index (Phi) is 3.70. The molecule has 0 atom stereocenters. The van der Waals surface area contributed by atoms with E-state index in [9.17, 15) is 9.59 Å². The van der Waals surface area contributed by atoms with Gasteiger partial charge in [-0.15, -0.1) is 0 Å². The zero-order valence-electron chi connectivity index (χ0n) is 5.55. The number of allylic oxidation sites excluding steroid dienone is 1. The van der Waals surface area contributed by atoms with Crippen molar-refractivity contribution >= 4 is 12.7 Å². The molecule has 0 aromatic heterocycles. The van der Waals surface area contributed by atoms with Gasteiger partial charge in [0.25, 0.3) is 0 Å². The lowest BCUT2D eigenvalue weighted by molar-refractivity contribution is -0.111. The Bertz CT molecular complexity index is 164. The Morgan fingerprint density at radius 2 is 2.10 bits per heavy atom. The first kappa shape index (κ1) is 8.48. The summed E-state index contributed by atoms with van der Waals surface area (Å²) in [5, 5.41) is 4.63. The largest absolute Gasteiger partial charge is 0.384 e. The summed E-state index contributed by atoms with van der Waals surface area (Å²) in [6.07, 6.45) is 0.841. The fraction of sp³-hybridized carbons (Fsp3) is 0.200. The van der Waals surface area contributed by atoms with Crippen LogP contribution in [0.15, 0.2) is 11.5 Å². The summed E-state index contributed by atoms with van der Waals surface area (Å²) in [6, 6.07) is 0. The number of nitrogens with one attached hydrogen (secondary N) is 2. The molecule has 0 aromatic rings. The number of amides is 1. The van der Waals surface area contributed by atoms with Crippen molar-refractivity contribution in [2.75, 3.05) is 7.05 Å². The van der Waals surface area contributed by atoms with Gasteiger partial charge in [-0.3, -0.25) is 9.59 Å². The van der Waals surface area contributed by atoms with Gasteiger partial charge in [-0.1, -0.05) is 0 Å². The number of nitrogens with two attached hydrogens (primary N) is 1. The molecule has 0 aliphatic heterocycles. The molecule has 0 aliphatic carbocycles. The fourth-order valence-corrected chi connectivity index (χ4v) is 0.373. The van der Waals surface area contributed by atoms with Crippen LogP contribution in [0, 0.1) is 0 Å². The van der Waals surface area contributed by atoms with Gasteiger partial charge in [-0.25, -0.2) is 0 Å². The molecule has 0 saturated carbocycles.